The molecule has 0 atom stereocenters. The monoisotopic (exact) mass is 310 g/mol. The van der Waals surface area contributed by atoms with Crippen LogP contribution in [-0.4, -0.2) is 21.7 Å². The normalized spacial score (nSPS) is 26.7. The van der Waals surface area contributed by atoms with Gasteiger partial charge in [0.25, 0.3) is 0 Å². The third-order valence-corrected chi connectivity index (χ3v) is 4.91. The number of anilines is 1. The predicted molar refractivity (Wildman–Crippen MR) is 86.8 cm³/mol. The minimum atomic E-state index is -0.633. The highest BCUT2D eigenvalue weighted by Gasteiger charge is 2.39. The zero-order chi connectivity index (χ0) is 16.4. The summed E-state index contributed by atoms with van der Waals surface area (Å²) < 4.78 is 0. The molecule has 120 valence electrons. The second kappa shape index (κ2) is 6.18. The molecule has 0 saturated heterocycles. The van der Waals surface area contributed by atoms with Gasteiger partial charge in [0.1, 0.15) is 23.5 Å². The number of aliphatic hydroxyl groups is 1. The molecule has 3 rings (SSSR count). The zero-order valence-electron chi connectivity index (χ0n) is 13.5. The van der Waals surface area contributed by atoms with Gasteiger partial charge < -0.3 is 10.4 Å². The van der Waals surface area contributed by atoms with Crippen molar-refractivity contribution in [2.45, 2.75) is 69.9 Å². The molecule has 1 fully saturated rings. The van der Waals surface area contributed by atoms with E-state index in [4.69, 9.17) is 4.98 Å². The Morgan fingerprint density at radius 1 is 1.09 bits per heavy atom. The number of nitrogens with one attached hydrogen (secondary N) is 1. The third kappa shape index (κ3) is 3.16. The highest BCUT2D eigenvalue weighted by Crippen LogP contribution is 2.35. The molecule has 1 heterocycles. The average molecular weight is 310 g/mol. The van der Waals surface area contributed by atoms with Crippen LogP contribution in [0.3, 0.4) is 0 Å². The molecule has 0 bridgehead atoms. The highest BCUT2D eigenvalue weighted by atomic mass is 16.3. The topological polar surface area (TPSA) is 92.7 Å². The van der Waals surface area contributed by atoms with Crippen LogP contribution in [0.1, 0.15) is 67.8 Å². The third-order valence-electron chi connectivity index (χ3n) is 4.91. The largest absolute Gasteiger partial charge is 0.390 e. The molecular weight excluding hydrogens is 288 g/mol. The van der Waals surface area contributed by atoms with Crippen LogP contribution in [-0.2, 0) is 12.8 Å². The van der Waals surface area contributed by atoms with Crippen LogP contribution in [0, 0.1) is 22.7 Å². The van der Waals surface area contributed by atoms with Gasteiger partial charge in [0.2, 0.25) is 0 Å². The van der Waals surface area contributed by atoms with E-state index in [1.54, 1.807) is 0 Å². The van der Waals surface area contributed by atoms with Crippen molar-refractivity contribution < 1.29 is 5.11 Å². The lowest BCUT2D eigenvalue weighted by Gasteiger charge is -2.41. The molecule has 2 aliphatic rings. The van der Waals surface area contributed by atoms with Crippen molar-refractivity contribution in [2.24, 2.45) is 0 Å². The first-order valence-electron chi connectivity index (χ1n) is 8.39. The lowest BCUT2D eigenvalue weighted by atomic mass is 9.77. The van der Waals surface area contributed by atoms with E-state index in [0.717, 1.165) is 36.9 Å². The Labute approximate surface area is 137 Å². The van der Waals surface area contributed by atoms with Crippen LogP contribution in [0.4, 0.5) is 5.82 Å². The molecule has 0 aromatic carbocycles. The summed E-state index contributed by atoms with van der Waals surface area (Å²) in [4.78, 5) is 4.70. The number of rotatable bonds is 2. The Morgan fingerprint density at radius 2 is 1.74 bits per heavy atom. The summed E-state index contributed by atoms with van der Waals surface area (Å²) in [5.74, 6) is 0.517. The van der Waals surface area contributed by atoms with E-state index in [0.29, 0.717) is 29.8 Å². The molecule has 0 radical (unpaired) electrons. The van der Waals surface area contributed by atoms with Crippen molar-refractivity contribution >= 4 is 5.82 Å². The predicted octanol–water partition coefficient (Wildman–Crippen LogP) is 2.81. The standard InChI is InChI=1S/C18H22N4O/c1-18(23)8-12(9-18)21-17-15(11-20)14(10-19)13-6-4-2-3-5-7-16(13)22-17/h12,23H,2-9H2,1H3,(H,21,22). The molecule has 2 N–H and O–H groups in total. The number of fused-ring (bicyclic) bond motifs is 1. The molecule has 0 unspecified atom stereocenters. The highest BCUT2D eigenvalue weighted by molar-refractivity contribution is 5.64. The van der Waals surface area contributed by atoms with Gasteiger partial charge >= 0.3 is 0 Å². The SMILES string of the molecule is CC1(O)CC(Nc2nc3c(c(C#N)c2C#N)CCCCCC3)C1. The zero-order valence-corrected chi connectivity index (χ0v) is 13.5. The summed E-state index contributed by atoms with van der Waals surface area (Å²) in [6.45, 7) is 1.81. The Morgan fingerprint density at radius 3 is 2.35 bits per heavy atom. The van der Waals surface area contributed by atoms with Gasteiger partial charge in [0.15, 0.2) is 0 Å². The van der Waals surface area contributed by atoms with Gasteiger partial charge in [-0.1, -0.05) is 12.8 Å². The van der Waals surface area contributed by atoms with Crippen molar-refractivity contribution in [1.82, 2.24) is 4.98 Å². The Hall–Kier alpha value is -2.11. The fourth-order valence-electron chi connectivity index (χ4n) is 3.73. The van der Waals surface area contributed by atoms with E-state index in [9.17, 15) is 15.6 Å². The lowest BCUT2D eigenvalue weighted by Crippen LogP contribution is -2.48. The second-order valence-corrected chi connectivity index (χ2v) is 7.02. The number of hydrogen-bond donors (Lipinski definition) is 2. The number of nitrogens with zero attached hydrogens (tertiary/aromatic N) is 3. The number of aryl methyl sites for hydroxylation is 1. The fraction of sp³-hybridized carbons (Fsp3) is 0.611. The Balaban J connectivity index is 1.97. The number of pyridine rings is 1. The van der Waals surface area contributed by atoms with E-state index in [-0.39, 0.29) is 6.04 Å². The first-order valence-corrected chi connectivity index (χ1v) is 8.39. The molecule has 2 aliphatic carbocycles. The van der Waals surface area contributed by atoms with E-state index in [2.05, 4.69) is 17.5 Å². The van der Waals surface area contributed by atoms with Crippen LogP contribution in [0.15, 0.2) is 0 Å². The van der Waals surface area contributed by atoms with Gasteiger partial charge in [-0.15, -0.1) is 0 Å². The summed E-state index contributed by atoms with van der Waals surface area (Å²) in [5.41, 5.74) is 2.15. The molecule has 0 amide bonds. The molecule has 0 spiro atoms. The molecular formula is C18H22N4O. The van der Waals surface area contributed by atoms with Gasteiger partial charge in [-0.05, 0) is 51.0 Å². The van der Waals surface area contributed by atoms with E-state index < -0.39 is 5.60 Å². The molecule has 5 nitrogen and oxygen atoms in total. The summed E-state index contributed by atoms with van der Waals surface area (Å²) >= 11 is 0. The van der Waals surface area contributed by atoms with Gasteiger partial charge in [-0.2, -0.15) is 10.5 Å². The minimum absolute atomic E-state index is 0.114. The van der Waals surface area contributed by atoms with Crippen molar-refractivity contribution in [3.05, 3.63) is 22.4 Å². The van der Waals surface area contributed by atoms with Crippen molar-refractivity contribution in [2.75, 3.05) is 5.32 Å². The summed E-state index contributed by atoms with van der Waals surface area (Å²) in [5, 5.41) is 32.3. The van der Waals surface area contributed by atoms with Crippen LogP contribution < -0.4 is 5.32 Å². The van der Waals surface area contributed by atoms with E-state index in [1.165, 1.54) is 12.8 Å². The maximum absolute atomic E-state index is 9.87. The second-order valence-electron chi connectivity index (χ2n) is 7.02. The van der Waals surface area contributed by atoms with Gasteiger partial charge in [-0.3, -0.25) is 0 Å². The Kier molecular flexibility index (Phi) is 4.24. The van der Waals surface area contributed by atoms with Crippen molar-refractivity contribution in [3.63, 3.8) is 0 Å². The molecule has 23 heavy (non-hydrogen) atoms. The van der Waals surface area contributed by atoms with Crippen molar-refractivity contribution in [3.8, 4) is 12.1 Å². The van der Waals surface area contributed by atoms with Gasteiger partial charge in [-0.25, -0.2) is 4.98 Å². The average Bonchev–Trinajstić information content (AvgIpc) is 2.45. The van der Waals surface area contributed by atoms with Gasteiger partial charge in [0.05, 0.1) is 11.2 Å². The van der Waals surface area contributed by atoms with Crippen LogP contribution in [0.25, 0.3) is 0 Å². The quantitative estimate of drug-likeness (QED) is 0.876. The maximum atomic E-state index is 9.87. The number of hydrogen-bond acceptors (Lipinski definition) is 5. The molecule has 5 heteroatoms. The van der Waals surface area contributed by atoms with Crippen LogP contribution in [0.2, 0.25) is 0 Å². The smallest absolute Gasteiger partial charge is 0.145 e. The minimum Gasteiger partial charge on any atom is -0.390 e. The summed E-state index contributed by atoms with van der Waals surface area (Å²) in [7, 11) is 0. The van der Waals surface area contributed by atoms with Crippen molar-refractivity contribution in [1.29, 1.82) is 10.5 Å². The molecule has 0 aliphatic heterocycles. The maximum Gasteiger partial charge on any atom is 0.145 e. The number of nitriles is 2. The molecule has 1 saturated carbocycles. The van der Waals surface area contributed by atoms with Crippen LogP contribution in [0.5, 0.6) is 0 Å². The van der Waals surface area contributed by atoms with E-state index >= 15 is 0 Å². The first kappa shape index (κ1) is 15.8. The van der Waals surface area contributed by atoms with Crippen LogP contribution >= 0.6 is 0 Å². The summed E-state index contributed by atoms with van der Waals surface area (Å²) in [6, 6.07) is 4.52. The number of aromatic nitrogens is 1. The first-order chi connectivity index (χ1) is 11.0. The fourth-order valence-corrected chi connectivity index (χ4v) is 3.73. The molecule has 1 aromatic heterocycles. The Bertz CT molecular complexity index is 688. The molecule has 1 aromatic rings. The summed E-state index contributed by atoms with van der Waals surface area (Å²) in [6.07, 6.45) is 7.46. The van der Waals surface area contributed by atoms with Gasteiger partial charge in [0, 0.05) is 11.7 Å². The lowest BCUT2D eigenvalue weighted by molar-refractivity contribution is -0.0235. The van der Waals surface area contributed by atoms with E-state index in [1.807, 2.05) is 6.92 Å².